The lowest BCUT2D eigenvalue weighted by molar-refractivity contribution is -0.130. The Balaban J connectivity index is 1.51. The van der Waals surface area contributed by atoms with Gasteiger partial charge in [0, 0.05) is 13.0 Å². The molecule has 4 N–H and O–H groups in total. The van der Waals surface area contributed by atoms with Gasteiger partial charge in [-0.05, 0) is 67.5 Å². The van der Waals surface area contributed by atoms with Gasteiger partial charge in [-0.3, -0.25) is 19.2 Å². The van der Waals surface area contributed by atoms with Crippen LogP contribution in [-0.4, -0.2) is 62.6 Å². The zero-order valence-corrected chi connectivity index (χ0v) is 28.0. The van der Waals surface area contributed by atoms with Gasteiger partial charge in [0.25, 0.3) is 5.91 Å². The third-order valence-corrected chi connectivity index (χ3v) is 8.13. The molecule has 4 amide bonds. The normalized spacial score (nSPS) is 18.9. The fourth-order valence-corrected chi connectivity index (χ4v) is 5.36. The molecule has 0 saturated heterocycles. The van der Waals surface area contributed by atoms with Crippen molar-refractivity contribution in [1.29, 1.82) is 0 Å². The van der Waals surface area contributed by atoms with Crippen molar-refractivity contribution in [1.82, 2.24) is 21.3 Å². The molecule has 0 saturated carbocycles. The number of benzene rings is 3. The predicted octanol–water partition coefficient (Wildman–Crippen LogP) is 4.11. The maximum atomic E-state index is 13.6. The van der Waals surface area contributed by atoms with E-state index in [1.54, 1.807) is 55.6 Å². The summed E-state index contributed by atoms with van der Waals surface area (Å²) in [5.41, 5.74) is 1.89. The average Bonchev–Trinajstić information content (AvgIpc) is 3.09. The first-order valence-electron chi connectivity index (χ1n) is 16.4. The summed E-state index contributed by atoms with van der Waals surface area (Å²) in [6.45, 7) is 6.78. The van der Waals surface area contributed by atoms with Gasteiger partial charge in [-0.15, -0.1) is 0 Å². The molecule has 0 aromatic heterocycles. The maximum Gasteiger partial charge on any atom is 0.255 e. The number of hydrogen-bond acceptors (Lipinski definition) is 7. The number of hydrogen-bond donors (Lipinski definition) is 4. The molecular formula is C37H46N4O7. The van der Waals surface area contributed by atoms with E-state index in [2.05, 4.69) is 21.3 Å². The van der Waals surface area contributed by atoms with E-state index in [0.29, 0.717) is 48.8 Å². The number of fused-ring (bicyclic) bond motifs is 1. The van der Waals surface area contributed by atoms with Crippen LogP contribution in [0.4, 0.5) is 0 Å². The van der Waals surface area contributed by atoms with E-state index >= 15 is 0 Å². The number of methoxy groups -OCH3 is 1. The minimum atomic E-state index is -1.01. The van der Waals surface area contributed by atoms with Gasteiger partial charge in [-0.1, -0.05) is 62.4 Å². The smallest absolute Gasteiger partial charge is 0.255 e. The van der Waals surface area contributed by atoms with E-state index < -0.39 is 35.8 Å². The molecule has 1 heterocycles. The van der Waals surface area contributed by atoms with Gasteiger partial charge in [0.05, 0.1) is 25.3 Å². The molecule has 3 atom stereocenters. The lowest BCUT2D eigenvalue weighted by atomic mass is 10.0. The van der Waals surface area contributed by atoms with E-state index in [1.165, 1.54) is 0 Å². The molecule has 0 fully saturated rings. The Morgan fingerprint density at radius 1 is 0.958 bits per heavy atom. The molecule has 256 valence electrons. The standard InChI is InChI=1S/C37H46N4O7/c1-5-47-31-19-17-25(22-32(31)46-4)12-11-21-38-36(44)28-18-20-33(42)41-34(26-13-7-6-8-14-26)37(45)40-29(24(2)3)23-48-30-16-10-9-15-27(30)35(43)39-28/h6-10,13-17,19,22,24,28-29,34H,5,11-12,18,20-21,23H2,1-4H3,(H,38,44)(H,39,43)(H,40,45)(H,41,42)/t28-,29-,34-/m0/s1. The van der Waals surface area contributed by atoms with E-state index in [-0.39, 0.29) is 36.8 Å². The van der Waals surface area contributed by atoms with Crippen molar-refractivity contribution in [3.63, 3.8) is 0 Å². The Morgan fingerprint density at radius 3 is 2.44 bits per heavy atom. The van der Waals surface area contributed by atoms with Crippen molar-refractivity contribution < 1.29 is 33.4 Å². The van der Waals surface area contributed by atoms with Crippen molar-refractivity contribution in [2.24, 2.45) is 5.92 Å². The second-order valence-electron chi connectivity index (χ2n) is 12.0. The van der Waals surface area contributed by atoms with Crippen molar-refractivity contribution in [3.05, 3.63) is 89.5 Å². The third kappa shape index (κ3) is 9.97. The summed E-state index contributed by atoms with van der Waals surface area (Å²) in [5.74, 6) is -0.104. The first-order valence-corrected chi connectivity index (χ1v) is 16.4. The Kier molecular flexibility index (Phi) is 13.2. The molecule has 48 heavy (non-hydrogen) atoms. The molecule has 0 aliphatic carbocycles. The molecule has 0 radical (unpaired) electrons. The fraction of sp³-hybridized carbons (Fsp3) is 0.405. The number of ether oxygens (including phenoxy) is 3. The molecule has 3 aromatic rings. The van der Waals surface area contributed by atoms with Crippen LogP contribution in [0, 0.1) is 5.92 Å². The molecule has 11 heteroatoms. The molecule has 3 aromatic carbocycles. The number of para-hydroxylation sites is 1. The molecule has 1 aliphatic rings. The molecule has 0 bridgehead atoms. The highest BCUT2D eigenvalue weighted by atomic mass is 16.5. The van der Waals surface area contributed by atoms with Gasteiger partial charge >= 0.3 is 0 Å². The number of amides is 4. The van der Waals surface area contributed by atoms with Crippen LogP contribution in [0.3, 0.4) is 0 Å². The van der Waals surface area contributed by atoms with Crippen molar-refractivity contribution in [2.45, 2.75) is 64.6 Å². The highest BCUT2D eigenvalue weighted by molar-refractivity contribution is 6.00. The van der Waals surface area contributed by atoms with Crippen LogP contribution in [0.25, 0.3) is 0 Å². The Morgan fingerprint density at radius 2 is 1.71 bits per heavy atom. The third-order valence-electron chi connectivity index (χ3n) is 8.13. The van der Waals surface area contributed by atoms with Crippen LogP contribution >= 0.6 is 0 Å². The number of carbonyl (C=O) groups is 4. The second kappa shape index (κ2) is 17.7. The van der Waals surface area contributed by atoms with Gasteiger partial charge in [-0.2, -0.15) is 0 Å². The predicted molar refractivity (Wildman–Crippen MR) is 182 cm³/mol. The summed E-state index contributed by atoms with van der Waals surface area (Å²) in [6.07, 6.45) is 1.21. The topological polar surface area (TPSA) is 144 Å². The Bertz CT molecular complexity index is 1550. The Hall–Kier alpha value is -5.06. The lowest BCUT2D eigenvalue weighted by Crippen LogP contribution is -2.49. The number of rotatable bonds is 10. The summed E-state index contributed by atoms with van der Waals surface area (Å²) in [7, 11) is 1.59. The second-order valence-corrected chi connectivity index (χ2v) is 12.0. The van der Waals surface area contributed by atoms with Crippen molar-refractivity contribution in [2.75, 3.05) is 26.9 Å². The summed E-state index contributed by atoms with van der Waals surface area (Å²) >= 11 is 0. The van der Waals surface area contributed by atoms with E-state index in [4.69, 9.17) is 14.2 Å². The summed E-state index contributed by atoms with van der Waals surface area (Å²) in [5, 5.41) is 11.6. The summed E-state index contributed by atoms with van der Waals surface area (Å²) in [4.78, 5) is 53.8. The lowest BCUT2D eigenvalue weighted by Gasteiger charge is -2.26. The SMILES string of the molecule is CCOc1ccc(CCCNC(=O)[C@@H]2CCC(=O)N[C@@H](c3ccccc3)C(=O)N[C@H](C(C)C)COc3ccccc3C(=O)N2)cc1OC. The fourth-order valence-electron chi connectivity index (χ4n) is 5.36. The van der Waals surface area contributed by atoms with Crippen molar-refractivity contribution >= 4 is 23.6 Å². The molecule has 1 aliphatic heterocycles. The summed E-state index contributed by atoms with van der Waals surface area (Å²) in [6, 6.07) is 19.1. The van der Waals surface area contributed by atoms with Crippen LogP contribution in [0.15, 0.2) is 72.8 Å². The van der Waals surface area contributed by atoms with Gasteiger partial charge in [0.15, 0.2) is 11.5 Å². The van der Waals surface area contributed by atoms with Gasteiger partial charge in [-0.25, -0.2) is 0 Å². The largest absolute Gasteiger partial charge is 0.493 e. The van der Waals surface area contributed by atoms with Crippen LogP contribution in [0.1, 0.15) is 67.6 Å². The maximum absolute atomic E-state index is 13.6. The number of carbonyl (C=O) groups excluding carboxylic acids is 4. The van der Waals surface area contributed by atoms with Gasteiger partial charge in [0.2, 0.25) is 17.7 Å². The first-order chi connectivity index (χ1) is 23.2. The first kappa shape index (κ1) is 35.8. The molecular weight excluding hydrogens is 612 g/mol. The van der Waals surface area contributed by atoms with Gasteiger partial charge in [0.1, 0.15) is 24.4 Å². The molecule has 0 unspecified atom stereocenters. The van der Waals surface area contributed by atoms with Gasteiger partial charge < -0.3 is 35.5 Å². The highest BCUT2D eigenvalue weighted by Gasteiger charge is 2.29. The van der Waals surface area contributed by atoms with Crippen LogP contribution in [-0.2, 0) is 20.8 Å². The average molecular weight is 659 g/mol. The van der Waals surface area contributed by atoms with Crippen LogP contribution in [0.5, 0.6) is 17.2 Å². The monoisotopic (exact) mass is 658 g/mol. The number of aryl methyl sites for hydroxylation is 1. The minimum Gasteiger partial charge on any atom is -0.493 e. The zero-order chi connectivity index (χ0) is 34.5. The zero-order valence-electron chi connectivity index (χ0n) is 28.0. The van der Waals surface area contributed by atoms with E-state index in [9.17, 15) is 19.2 Å². The highest BCUT2D eigenvalue weighted by Crippen LogP contribution is 2.28. The number of nitrogens with one attached hydrogen (secondary N) is 4. The quantitative estimate of drug-likeness (QED) is 0.240. The molecule has 4 rings (SSSR count). The molecule has 0 spiro atoms. The van der Waals surface area contributed by atoms with E-state index in [1.807, 2.05) is 45.0 Å². The van der Waals surface area contributed by atoms with Crippen LogP contribution in [0.2, 0.25) is 0 Å². The molecule has 11 nitrogen and oxygen atoms in total. The minimum absolute atomic E-state index is 0.0118. The van der Waals surface area contributed by atoms with Crippen molar-refractivity contribution in [3.8, 4) is 17.2 Å². The van der Waals surface area contributed by atoms with E-state index in [0.717, 1.165) is 5.56 Å². The Labute approximate surface area is 282 Å². The summed E-state index contributed by atoms with van der Waals surface area (Å²) < 4.78 is 17.1. The van der Waals surface area contributed by atoms with Crippen LogP contribution < -0.4 is 35.5 Å².